The zero-order chi connectivity index (χ0) is 21.3. The van der Waals surface area contributed by atoms with E-state index in [9.17, 15) is 13.6 Å². The first kappa shape index (κ1) is 20.2. The standard InChI is InChI=1S/C23H24F2N4O/c1-15(17-10-11-19(24)20(25)12-17)28(2)14-23(30)26-22-13-21(16-8-9-16)27-29(22)18-6-4-3-5-7-18/h3-7,10-13,15-16H,8-9,14H2,1-2H3,(H,26,30). The molecule has 0 radical (unpaired) electrons. The van der Waals surface area contributed by atoms with Crippen LogP contribution in [-0.2, 0) is 4.79 Å². The fourth-order valence-electron chi connectivity index (χ4n) is 3.41. The molecule has 1 fully saturated rings. The molecule has 1 N–H and O–H groups in total. The quantitative estimate of drug-likeness (QED) is 0.616. The van der Waals surface area contributed by atoms with Crippen molar-refractivity contribution in [2.24, 2.45) is 0 Å². The van der Waals surface area contributed by atoms with Crippen molar-refractivity contribution in [3.63, 3.8) is 0 Å². The van der Waals surface area contributed by atoms with Crippen LogP contribution in [0.25, 0.3) is 5.69 Å². The van der Waals surface area contributed by atoms with E-state index in [0.717, 1.165) is 30.3 Å². The molecule has 1 saturated carbocycles. The van der Waals surface area contributed by atoms with Gasteiger partial charge in [0.25, 0.3) is 0 Å². The van der Waals surface area contributed by atoms with Crippen LogP contribution >= 0.6 is 0 Å². The van der Waals surface area contributed by atoms with Gasteiger partial charge in [-0.25, -0.2) is 13.5 Å². The number of rotatable bonds is 7. The number of anilines is 1. The van der Waals surface area contributed by atoms with Gasteiger partial charge in [-0.2, -0.15) is 5.10 Å². The number of halogens is 2. The number of likely N-dealkylation sites (N-methyl/N-ethyl adjacent to an activating group) is 1. The van der Waals surface area contributed by atoms with E-state index < -0.39 is 11.6 Å². The van der Waals surface area contributed by atoms with Crippen LogP contribution in [-0.4, -0.2) is 34.2 Å². The normalized spacial score (nSPS) is 14.7. The zero-order valence-corrected chi connectivity index (χ0v) is 17.0. The highest BCUT2D eigenvalue weighted by molar-refractivity contribution is 5.91. The van der Waals surface area contributed by atoms with Crippen LogP contribution in [0, 0.1) is 11.6 Å². The largest absolute Gasteiger partial charge is 0.309 e. The maximum atomic E-state index is 13.5. The molecule has 1 aliphatic rings. The van der Waals surface area contributed by atoms with E-state index in [0.29, 0.717) is 17.3 Å². The van der Waals surface area contributed by atoms with Gasteiger partial charge in [-0.3, -0.25) is 9.69 Å². The highest BCUT2D eigenvalue weighted by Crippen LogP contribution is 2.40. The van der Waals surface area contributed by atoms with E-state index in [1.807, 2.05) is 43.3 Å². The average Bonchev–Trinajstić information content (AvgIpc) is 3.51. The van der Waals surface area contributed by atoms with E-state index in [2.05, 4.69) is 10.4 Å². The minimum atomic E-state index is -0.892. The minimum Gasteiger partial charge on any atom is -0.309 e. The third-order valence-electron chi connectivity index (χ3n) is 5.47. The lowest BCUT2D eigenvalue weighted by Crippen LogP contribution is -2.32. The lowest BCUT2D eigenvalue weighted by molar-refractivity contribution is -0.117. The van der Waals surface area contributed by atoms with E-state index >= 15 is 0 Å². The number of carbonyl (C=O) groups excluding carboxylic acids is 1. The second-order valence-corrected chi connectivity index (χ2v) is 7.79. The molecule has 1 heterocycles. The van der Waals surface area contributed by atoms with Gasteiger partial charge in [0.05, 0.1) is 17.9 Å². The van der Waals surface area contributed by atoms with Gasteiger partial charge in [-0.15, -0.1) is 0 Å². The van der Waals surface area contributed by atoms with Crippen molar-refractivity contribution in [1.29, 1.82) is 0 Å². The van der Waals surface area contributed by atoms with Crippen LogP contribution in [0.2, 0.25) is 0 Å². The molecule has 1 amide bonds. The second-order valence-electron chi connectivity index (χ2n) is 7.79. The molecule has 0 aliphatic heterocycles. The van der Waals surface area contributed by atoms with Gasteiger partial charge in [0.2, 0.25) is 5.91 Å². The summed E-state index contributed by atoms with van der Waals surface area (Å²) in [5.41, 5.74) is 2.47. The maximum absolute atomic E-state index is 13.5. The lowest BCUT2D eigenvalue weighted by Gasteiger charge is -2.24. The van der Waals surface area contributed by atoms with Crippen molar-refractivity contribution in [2.45, 2.75) is 31.7 Å². The van der Waals surface area contributed by atoms with Crippen molar-refractivity contribution in [3.05, 3.63) is 77.5 Å². The molecule has 30 heavy (non-hydrogen) atoms. The molecular formula is C23H24F2N4O. The number of amides is 1. The average molecular weight is 410 g/mol. The Bertz CT molecular complexity index is 1050. The Morgan fingerprint density at radius 3 is 2.57 bits per heavy atom. The summed E-state index contributed by atoms with van der Waals surface area (Å²) in [6.07, 6.45) is 2.24. The summed E-state index contributed by atoms with van der Waals surface area (Å²) < 4.78 is 28.5. The molecule has 3 aromatic rings. The molecule has 1 unspecified atom stereocenters. The molecule has 0 spiro atoms. The topological polar surface area (TPSA) is 50.2 Å². The van der Waals surface area contributed by atoms with Gasteiger partial charge < -0.3 is 5.32 Å². The van der Waals surface area contributed by atoms with Crippen LogP contribution < -0.4 is 5.32 Å². The van der Waals surface area contributed by atoms with E-state index in [-0.39, 0.29) is 18.5 Å². The van der Waals surface area contributed by atoms with Crippen LogP contribution in [0.15, 0.2) is 54.6 Å². The summed E-state index contributed by atoms with van der Waals surface area (Å²) in [5.74, 6) is -0.890. The summed E-state index contributed by atoms with van der Waals surface area (Å²) >= 11 is 0. The summed E-state index contributed by atoms with van der Waals surface area (Å²) in [7, 11) is 1.77. The summed E-state index contributed by atoms with van der Waals surface area (Å²) in [6, 6.07) is 15.1. The van der Waals surface area contributed by atoms with E-state index in [4.69, 9.17) is 0 Å². The monoisotopic (exact) mass is 410 g/mol. The molecule has 1 aromatic heterocycles. The third kappa shape index (κ3) is 4.41. The fraction of sp³-hybridized carbons (Fsp3) is 0.304. The summed E-state index contributed by atoms with van der Waals surface area (Å²) in [4.78, 5) is 14.5. The predicted molar refractivity (Wildman–Crippen MR) is 112 cm³/mol. The predicted octanol–water partition coefficient (Wildman–Crippen LogP) is 4.66. The van der Waals surface area contributed by atoms with Crippen molar-refractivity contribution in [2.75, 3.05) is 18.9 Å². The maximum Gasteiger partial charge on any atom is 0.239 e. The molecule has 2 aromatic carbocycles. The highest BCUT2D eigenvalue weighted by Gasteiger charge is 2.28. The van der Waals surface area contributed by atoms with Crippen molar-refractivity contribution in [3.8, 4) is 5.69 Å². The number of para-hydroxylation sites is 1. The molecular weight excluding hydrogens is 386 g/mol. The van der Waals surface area contributed by atoms with Crippen molar-refractivity contribution >= 4 is 11.7 Å². The molecule has 5 nitrogen and oxygen atoms in total. The molecule has 7 heteroatoms. The number of carbonyl (C=O) groups is 1. The smallest absolute Gasteiger partial charge is 0.239 e. The molecule has 156 valence electrons. The molecule has 4 rings (SSSR count). The van der Waals surface area contributed by atoms with Crippen LogP contribution in [0.4, 0.5) is 14.6 Å². The Hall–Kier alpha value is -3.06. The number of aromatic nitrogens is 2. The first-order valence-electron chi connectivity index (χ1n) is 10.0. The third-order valence-corrected chi connectivity index (χ3v) is 5.47. The van der Waals surface area contributed by atoms with Gasteiger partial charge in [-0.1, -0.05) is 24.3 Å². The Morgan fingerprint density at radius 1 is 1.17 bits per heavy atom. The van der Waals surface area contributed by atoms with E-state index in [1.165, 1.54) is 12.1 Å². The first-order chi connectivity index (χ1) is 14.4. The van der Waals surface area contributed by atoms with Crippen LogP contribution in [0.5, 0.6) is 0 Å². The van der Waals surface area contributed by atoms with E-state index in [1.54, 1.807) is 16.6 Å². The van der Waals surface area contributed by atoms with Crippen molar-refractivity contribution in [1.82, 2.24) is 14.7 Å². The van der Waals surface area contributed by atoms with Crippen LogP contribution in [0.1, 0.15) is 43.0 Å². The second kappa shape index (κ2) is 8.36. The summed E-state index contributed by atoms with van der Waals surface area (Å²) in [6.45, 7) is 1.94. The van der Waals surface area contributed by atoms with Gasteiger partial charge in [0.15, 0.2) is 11.6 Å². The minimum absolute atomic E-state index is 0.0961. The first-order valence-corrected chi connectivity index (χ1v) is 10.0. The van der Waals surface area contributed by atoms with Crippen LogP contribution in [0.3, 0.4) is 0 Å². The van der Waals surface area contributed by atoms with Gasteiger partial charge in [0, 0.05) is 18.0 Å². The lowest BCUT2D eigenvalue weighted by atomic mass is 10.1. The Labute approximate surface area is 174 Å². The Kier molecular flexibility index (Phi) is 5.63. The summed E-state index contributed by atoms with van der Waals surface area (Å²) in [5, 5.41) is 7.64. The molecule has 0 saturated heterocycles. The highest BCUT2D eigenvalue weighted by atomic mass is 19.2. The fourth-order valence-corrected chi connectivity index (χ4v) is 3.41. The number of hydrogen-bond donors (Lipinski definition) is 1. The van der Waals surface area contributed by atoms with Gasteiger partial charge >= 0.3 is 0 Å². The molecule has 0 bridgehead atoms. The SMILES string of the molecule is CC(c1ccc(F)c(F)c1)N(C)CC(=O)Nc1cc(C2CC2)nn1-c1ccccc1. The number of benzene rings is 2. The zero-order valence-electron chi connectivity index (χ0n) is 17.0. The number of hydrogen-bond acceptors (Lipinski definition) is 3. The van der Waals surface area contributed by atoms with Gasteiger partial charge in [-0.05, 0) is 56.6 Å². The molecule has 1 aliphatic carbocycles. The number of nitrogens with zero attached hydrogens (tertiary/aromatic N) is 3. The Morgan fingerprint density at radius 2 is 1.90 bits per heavy atom. The number of nitrogens with one attached hydrogen (secondary N) is 1. The van der Waals surface area contributed by atoms with Crippen molar-refractivity contribution < 1.29 is 13.6 Å². The van der Waals surface area contributed by atoms with Gasteiger partial charge in [0.1, 0.15) is 5.82 Å². The molecule has 1 atom stereocenters. The Balaban J connectivity index is 1.47.